The minimum absolute atomic E-state index is 0.165. The number of amides is 2. The van der Waals surface area contributed by atoms with E-state index >= 15 is 0 Å². The molecule has 5 nitrogen and oxygen atoms in total. The fourth-order valence-corrected chi connectivity index (χ4v) is 2.07. The predicted molar refractivity (Wildman–Crippen MR) is 84.3 cm³/mol. The predicted octanol–water partition coefficient (Wildman–Crippen LogP) is 2.79. The largest absolute Gasteiger partial charge is 0.398 e. The van der Waals surface area contributed by atoms with Crippen molar-refractivity contribution in [3.8, 4) is 0 Å². The van der Waals surface area contributed by atoms with Crippen LogP contribution in [0.3, 0.4) is 0 Å². The van der Waals surface area contributed by atoms with Gasteiger partial charge in [-0.05, 0) is 36.8 Å². The van der Waals surface area contributed by atoms with E-state index in [0.717, 1.165) is 5.56 Å². The zero-order valence-corrected chi connectivity index (χ0v) is 11.9. The van der Waals surface area contributed by atoms with E-state index in [1.165, 1.54) is 6.92 Å². The molecule has 0 spiro atoms. The van der Waals surface area contributed by atoms with Crippen molar-refractivity contribution < 1.29 is 9.59 Å². The van der Waals surface area contributed by atoms with Crippen molar-refractivity contribution in [3.05, 3.63) is 53.6 Å². The second-order valence-corrected chi connectivity index (χ2v) is 4.76. The molecule has 2 aromatic rings. The van der Waals surface area contributed by atoms with Crippen LogP contribution in [0.1, 0.15) is 22.8 Å². The molecule has 0 fully saturated rings. The maximum atomic E-state index is 12.3. The normalized spacial score (nSPS) is 10.0. The summed E-state index contributed by atoms with van der Waals surface area (Å²) in [5, 5.41) is 5.45. The number of aryl methyl sites for hydroxylation is 1. The smallest absolute Gasteiger partial charge is 0.258 e. The first-order valence-electron chi connectivity index (χ1n) is 6.51. The van der Waals surface area contributed by atoms with Gasteiger partial charge < -0.3 is 16.4 Å². The lowest BCUT2D eigenvalue weighted by Crippen LogP contribution is -2.16. The molecule has 0 bridgehead atoms. The SMILES string of the molecule is CC(=O)Nc1cccc(NC(=O)c2c(C)cccc2N)c1. The summed E-state index contributed by atoms with van der Waals surface area (Å²) in [6, 6.07) is 12.3. The number of anilines is 3. The molecular weight excluding hydrogens is 266 g/mol. The van der Waals surface area contributed by atoms with Crippen molar-refractivity contribution in [2.45, 2.75) is 13.8 Å². The summed E-state index contributed by atoms with van der Waals surface area (Å²) in [6.45, 7) is 3.26. The Morgan fingerprint density at radius 3 is 2.24 bits per heavy atom. The summed E-state index contributed by atoms with van der Waals surface area (Å²) in [5.74, 6) is -0.438. The molecule has 4 N–H and O–H groups in total. The van der Waals surface area contributed by atoms with Gasteiger partial charge in [0.1, 0.15) is 0 Å². The van der Waals surface area contributed by atoms with Crippen LogP contribution in [0.4, 0.5) is 17.1 Å². The Balaban J connectivity index is 2.22. The Hall–Kier alpha value is -2.82. The fourth-order valence-electron chi connectivity index (χ4n) is 2.07. The first-order chi connectivity index (χ1) is 9.97. The second-order valence-electron chi connectivity index (χ2n) is 4.76. The van der Waals surface area contributed by atoms with E-state index < -0.39 is 0 Å². The van der Waals surface area contributed by atoms with Gasteiger partial charge in [-0.3, -0.25) is 9.59 Å². The summed E-state index contributed by atoms with van der Waals surface area (Å²) in [4.78, 5) is 23.4. The van der Waals surface area contributed by atoms with Gasteiger partial charge in [0.05, 0.1) is 5.56 Å². The van der Waals surface area contributed by atoms with E-state index in [4.69, 9.17) is 5.73 Å². The lowest BCUT2D eigenvalue weighted by atomic mass is 10.1. The van der Waals surface area contributed by atoms with Crippen LogP contribution in [0.5, 0.6) is 0 Å². The highest BCUT2D eigenvalue weighted by Gasteiger charge is 2.12. The van der Waals surface area contributed by atoms with E-state index in [1.54, 1.807) is 36.4 Å². The van der Waals surface area contributed by atoms with Gasteiger partial charge in [-0.15, -0.1) is 0 Å². The maximum absolute atomic E-state index is 12.3. The van der Waals surface area contributed by atoms with Crippen LogP contribution in [-0.4, -0.2) is 11.8 Å². The average molecular weight is 283 g/mol. The van der Waals surface area contributed by atoms with E-state index in [-0.39, 0.29) is 11.8 Å². The first kappa shape index (κ1) is 14.6. The zero-order chi connectivity index (χ0) is 15.4. The van der Waals surface area contributed by atoms with E-state index in [9.17, 15) is 9.59 Å². The molecule has 108 valence electrons. The zero-order valence-electron chi connectivity index (χ0n) is 11.9. The Morgan fingerprint density at radius 2 is 1.62 bits per heavy atom. The minimum Gasteiger partial charge on any atom is -0.398 e. The molecule has 0 heterocycles. The van der Waals surface area contributed by atoms with Crippen LogP contribution in [0.2, 0.25) is 0 Å². The molecule has 2 aromatic carbocycles. The van der Waals surface area contributed by atoms with Crippen LogP contribution < -0.4 is 16.4 Å². The number of nitrogens with two attached hydrogens (primary N) is 1. The van der Waals surface area contributed by atoms with Crippen molar-refractivity contribution in [2.75, 3.05) is 16.4 Å². The third-order valence-corrected chi connectivity index (χ3v) is 2.97. The van der Waals surface area contributed by atoms with Gasteiger partial charge in [-0.2, -0.15) is 0 Å². The van der Waals surface area contributed by atoms with Crippen LogP contribution in [0.25, 0.3) is 0 Å². The Kier molecular flexibility index (Phi) is 4.23. The second kappa shape index (κ2) is 6.09. The molecule has 0 aliphatic rings. The quantitative estimate of drug-likeness (QED) is 0.757. The molecule has 0 radical (unpaired) electrons. The minimum atomic E-state index is -0.273. The monoisotopic (exact) mass is 283 g/mol. The van der Waals surface area contributed by atoms with Crippen molar-refractivity contribution >= 4 is 28.9 Å². The lowest BCUT2D eigenvalue weighted by molar-refractivity contribution is -0.114. The molecule has 2 amide bonds. The molecule has 0 atom stereocenters. The van der Waals surface area contributed by atoms with Crippen molar-refractivity contribution in [2.24, 2.45) is 0 Å². The number of nitrogens with one attached hydrogen (secondary N) is 2. The molecule has 21 heavy (non-hydrogen) atoms. The van der Waals surface area contributed by atoms with Gasteiger partial charge in [0.2, 0.25) is 5.91 Å². The van der Waals surface area contributed by atoms with E-state index in [2.05, 4.69) is 10.6 Å². The van der Waals surface area contributed by atoms with Gasteiger partial charge in [0.25, 0.3) is 5.91 Å². The highest BCUT2D eigenvalue weighted by atomic mass is 16.2. The van der Waals surface area contributed by atoms with Crippen LogP contribution >= 0.6 is 0 Å². The standard InChI is InChI=1S/C16H17N3O2/c1-10-5-3-8-14(17)15(10)16(21)19-13-7-4-6-12(9-13)18-11(2)20/h3-9H,17H2,1-2H3,(H,18,20)(H,19,21). The third-order valence-electron chi connectivity index (χ3n) is 2.97. The van der Waals surface area contributed by atoms with Gasteiger partial charge in [0.15, 0.2) is 0 Å². The highest BCUT2D eigenvalue weighted by Crippen LogP contribution is 2.20. The van der Waals surface area contributed by atoms with Gasteiger partial charge in [-0.25, -0.2) is 0 Å². The Bertz CT molecular complexity index is 675. The van der Waals surface area contributed by atoms with Crippen LogP contribution in [-0.2, 0) is 4.79 Å². The van der Waals surface area contributed by atoms with Crippen LogP contribution in [0.15, 0.2) is 42.5 Å². The fraction of sp³-hybridized carbons (Fsp3) is 0.125. The molecule has 5 heteroatoms. The number of carbonyl (C=O) groups excluding carboxylic acids is 2. The molecule has 0 aromatic heterocycles. The molecule has 0 saturated heterocycles. The molecule has 0 aliphatic heterocycles. The van der Waals surface area contributed by atoms with E-state index in [0.29, 0.717) is 22.6 Å². The average Bonchev–Trinajstić information content (AvgIpc) is 2.37. The molecular formula is C16H17N3O2. The summed E-state index contributed by atoms with van der Waals surface area (Å²) < 4.78 is 0. The number of hydrogen-bond acceptors (Lipinski definition) is 3. The van der Waals surface area contributed by atoms with Crippen molar-refractivity contribution in [1.82, 2.24) is 0 Å². The highest BCUT2D eigenvalue weighted by molar-refractivity contribution is 6.09. The van der Waals surface area contributed by atoms with Crippen molar-refractivity contribution in [1.29, 1.82) is 0 Å². The molecule has 2 rings (SSSR count). The Morgan fingerprint density at radius 1 is 1.00 bits per heavy atom. The molecule has 0 saturated carbocycles. The first-order valence-corrected chi connectivity index (χ1v) is 6.51. The molecule has 0 unspecified atom stereocenters. The van der Waals surface area contributed by atoms with Gasteiger partial charge in [0, 0.05) is 24.0 Å². The third kappa shape index (κ3) is 3.60. The van der Waals surface area contributed by atoms with Crippen LogP contribution in [0, 0.1) is 6.92 Å². The Labute approximate surface area is 123 Å². The van der Waals surface area contributed by atoms with Gasteiger partial charge >= 0.3 is 0 Å². The number of rotatable bonds is 3. The lowest BCUT2D eigenvalue weighted by Gasteiger charge is -2.11. The topological polar surface area (TPSA) is 84.2 Å². The summed E-state index contributed by atoms with van der Waals surface area (Å²) in [5.41, 5.74) is 8.78. The number of benzene rings is 2. The van der Waals surface area contributed by atoms with E-state index in [1.807, 2.05) is 13.0 Å². The summed E-state index contributed by atoms with van der Waals surface area (Å²) >= 11 is 0. The summed E-state index contributed by atoms with van der Waals surface area (Å²) in [7, 11) is 0. The van der Waals surface area contributed by atoms with Gasteiger partial charge in [-0.1, -0.05) is 18.2 Å². The van der Waals surface area contributed by atoms with Crippen molar-refractivity contribution in [3.63, 3.8) is 0 Å². The number of nitrogen functional groups attached to an aromatic ring is 1. The summed E-state index contributed by atoms with van der Waals surface area (Å²) in [6.07, 6.45) is 0. The maximum Gasteiger partial charge on any atom is 0.258 e. The number of carbonyl (C=O) groups is 2. The number of hydrogen-bond donors (Lipinski definition) is 3. The molecule has 0 aliphatic carbocycles.